The van der Waals surface area contributed by atoms with Gasteiger partial charge in [0.05, 0.1) is 12.6 Å². The molecule has 3 heterocycles. The highest BCUT2D eigenvalue weighted by molar-refractivity contribution is 5.74. The number of amides is 2. The Morgan fingerprint density at radius 3 is 2.63 bits per heavy atom. The maximum Gasteiger partial charge on any atom is 0.317 e. The summed E-state index contributed by atoms with van der Waals surface area (Å²) in [5.74, 6) is 0.471. The van der Waals surface area contributed by atoms with Crippen molar-refractivity contribution in [3.63, 3.8) is 0 Å². The quantitative estimate of drug-likeness (QED) is 0.805. The van der Waals surface area contributed by atoms with Crippen LogP contribution in [0.3, 0.4) is 0 Å². The van der Waals surface area contributed by atoms with Crippen LogP contribution in [0.2, 0.25) is 0 Å². The van der Waals surface area contributed by atoms with E-state index < -0.39 is 0 Å². The van der Waals surface area contributed by atoms with E-state index in [4.69, 9.17) is 5.11 Å². The number of nitrogens with zero attached hydrogens (tertiary/aromatic N) is 2. The fourth-order valence-corrected chi connectivity index (χ4v) is 4.80. The number of aliphatic hydroxyl groups excluding tert-OH is 1. The smallest absolute Gasteiger partial charge is 0.317 e. The van der Waals surface area contributed by atoms with Gasteiger partial charge in [-0.1, -0.05) is 39.3 Å². The molecule has 4 rings (SSSR count). The van der Waals surface area contributed by atoms with Crippen molar-refractivity contribution in [2.75, 3.05) is 37.7 Å². The number of urea groups is 1. The van der Waals surface area contributed by atoms with Gasteiger partial charge in [0.15, 0.2) is 0 Å². The summed E-state index contributed by atoms with van der Waals surface area (Å²) in [4.78, 5) is 17.0. The van der Waals surface area contributed by atoms with E-state index in [1.807, 2.05) is 4.90 Å². The first-order valence-corrected chi connectivity index (χ1v) is 10.4. The summed E-state index contributed by atoms with van der Waals surface area (Å²) in [5.41, 5.74) is 2.84. The summed E-state index contributed by atoms with van der Waals surface area (Å²) in [6.45, 7) is 9.73. The molecule has 5 heteroatoms. The molecule has 2 atom stereocenters. The molecule has 0 spiro atoms. The van der Waals surface area contributed by atoms with Crippen molar-refractivity contribution < 1.29 is 9.90 Å². The zero-order valence-electron chi connectivity index (χ0n) is 17.1. The number of rotatable bonds is 6. The van der Waals surface area contributed by atoms with Crippen LogP contribution in [0.25, 0.3) is 0 Å². The monoisotopic (exact) mass is 373 g/mol. The number of aryl methyl sites for hydroxylation is 1. The molecule has 0 aliphatic carbocycles. The number of piperidine rings is 1. The van der Waals surface area contributed by atoms with Crippen molar-refractivity contribution >= 4 is 11.7 Å². The Hall–Kier alpha value is -1.75. The SMILES string of the molecule is CCCCc1ccc(N2CC3CN(C(=O)NCCO)C[C@@H]2C(C)(C)C3)cc1. The molecule has 1 unspecified atom stereocenters. The maximum absolute atomic E-state index is 12.5. The molecule has 1 aromatic rings. The Labute approximate surface area is 163 Å². The van der Waals surface area contributed by atoms with Crippen LogP contribution in [0.1, 0.15) is 45.6 Å². The molecule has 1 aromatic carbocycles. The molecular formula is C22H35N3O2. The summed E-state index contributed by atoms with van der Waals surface area (Å²) in [5, 5.41) is 11.8. The number of hydrogen-bond acceptors (Lipinski definition) is 3. The third-order valence-corrected chi connectivity index (χ3v) is 6.18. The highest BCUT2D eigenvalue weighted by Gasteiger charge is 2.46. The number of fused-ring (bicyclic) bond motifs is 4. The summed E-state index contributed by atoms with van der Waals surface area (Å²) in [7, 11) is 0. The fourth-order valence-electron chi connectivity index (χ4n) is 4.80. The van der Waals surface area contributed by atoms with Gasteiger partial charge >= 0.3 is 6.03 Å². The largest absolute Gasteiger partial charge is 0.395 e. The van der Waals surface area contributed by atoms with Crippen LogP contribution in [-0.4, -0.2) is 54.9 Å². The van der Waals surface area contributed by atoms with Gasteiger partial charge in [-0.05, 0) is 48.3 Å². The normalized spacial score (nSPS) is 24.0. The Morgan fingerprint density at radius 2 is 1.96 bits per heavy atom. The highest BCUT2D eigenvalue weighted by Crippen LogP contribution is 2.43. The number of nitrogens with one attached hydrogen (secondary N) is 1. The van der Waals surface area contributed by atoms with E-state index in [1.54, 1.807) is 0 Å². The van der Waals surface area contributed by atoms with Gasteiger partial charge in [0, 0.05) is 31.9 Å². The average Bonchev–Trinajstić information content (AvgIpc) is 2.92. The number of carbonyl (C=O) groups excluding carboxylic acids is 1. The fraction of sp³-hybridized carbons (Fsp3) is 0.682. The van der Waals surface area contributed by atoms with Gasteiger partial charge in [-0.15, -0.1) is 0 Å². The second kappa shape index (κ2) is 8.51. The summed E-state index contributed by atoms with van der Waals surface area (Å²) < 4.78 is 0. The molecule has 0 radical (unpaired) electrons. The van der Waals surface area contributed by atoms with E-state index >= 15 is 0 Å². The van der Waals surface area contributed by atoms with Gasteiger partial charge in [-0.25, -0.2) is 4.79 Å². The number of aliphatic hydroxyl groups is 1. The van der Waals surface area contributed by atoms with Crippen LogP contribution < -0.4 is 10.2 Å². The molecule has 2 N–H and O–H groups in total. The molecule has 27 heavy (non-hydrogen) atoms. The number of anilines is 1. The van der Waals surface area contributed by atoms with E-state index in [0.29, 0.717) is 18.5 Å². The third-order valence-electron chi connectivity index (χ3n) is 6.18. The maximum atomic E-state index is 12.5. The Balaban J connectivity index is 1.78. The van der Waals surface area contributed by atoms with Gasteiger partial charge < -0.3 is 20.2 Å². The molecule has 5 nitrogen and oxygen atoms in total. The predicted molar refractivity (Wildman–Crippen MR) is 110 cm³/mol. The van der Waals surface area contributed by atoms with Gasteiger partial charge in [0.2, 0.25) is 0 Å². The van der Waals surface area contributed by atoms with E-state index in [-0.39, 0.29) is 18.1 Å². The molecule has 0 saturated carbocycles. The van der Waals surface area contributed by atoms with Crippen LogP contribution in [-0.2, 0) is 6.42 Å². The van der Waals surface area contributed by atoms with E-state index in [9.17, 15) is 4.79 Å². The lowest BCUT2D eigenvalue weighted by atomic mass is 9.73. The molecule has 3 fully saturated rings. The topological polar surface area (TPSA) is 55.8 Å². The lowest BCUT2D eigenvalue weighted by Crippen LogP contribution is -2.54. The van der Waals surface area contributed by atoms with E-state index in [0.717, 1.165) is 32.5 Å². The first kappa shape index (κ1) is 20.0. The minimum absolute atomic E-state index is 0.0194. The molecule has 2 bridgehead atoms. The van der Waals surface area contributed by atoms with Gasteiger partial charge in [-0.3, -0.25) is 0 Å². The Kier molecular flexibility index (Phi) is 6.30. The molecule has 2 amide bonds. The van der Waals surface area contributed by atoms with Crippen LogP contribution >= 0.6 is 0 Å². The van der Waals surface area contributed by atoms with Crippen molar-refractivity contribution in [3.05, 3.63) is 29.8 Å². The van der Waals surface area contributed by atoms with Crippen molar-refractivity contribution in [3.8, 4) is 0 Å². The first-order chi connectivity index (χ1) is 12.9. The molecule has 150 valence electrons. The molecule has 3 saturated heterocycles. The summed E-state index contributed by atoms with van der Waals surface area (Å²) in [6, 6.07) is 9.31. The first-order valence-electron chi connectivity index (χ1n) is 10.4. The Bertz CT molecular complexity index is 629. The molecule has 3 aliphatic rings. The van der Waals surface area contributed by atoms with Crippen LogP contribution in [0.5, 0.6) is 0 Å². The predicted octanol–water partition coefficient (Wildman–Crippen LogP) is 3.27. The van der Waals surface area contributed by atoms with Crippen LogP contribution in [0, 0.1) is 11.3 Å². The number of benzene rings is 1. The van der Waals surface area contributed by atoms with Gasteiger partial charge in [0.1, 0.15) is 0 Å². The highest BCUT2D eigenvalue weighted by atomic mass is 16.3. The van der Waals surface area contributed by atoms with Crippen molar-refractivity contribution in [2.24, 2.45) is 11.3 Å². The zero-order valence-corrected chi connectivity index (χ0v) is 17.1. The second-order valence-electron chi connectivity index (χ2n) is 8.86. The van der Waals surface area contributed by atoms with Crippen molar-refractivity contribution in [2.45, 2.75) is 52.5 Å². The van der Waals surface area contributed by atoms with E-state index in [1.165, 1.54) is 24.1 Å². The zero-order chi connectivity index (χ0) is 19.4. The van der Waals surface area contributed by atoms with E-state index in [2.05, 4.69) is 55.3 Å². The molecule has 0 aromatic heterocycles. The molecule has 3 aliphatic heterocycles. The second-order valence-corrected chi connectivity index (χ2v) is 8.86. The Morgan fingerprint density at radius 1 is 1.22 bits per heavy atom. The molecular weight excluding hydrogens is 338 g/mol. The lowest BCUT2D eigenvalue weighted by Gasteiger charge is -2.48. The van der Waals surface area contributed by atoms with Crippen LogP contribution in [0.4, 0.5) is 10.5 Å². The number of carbonyl (C=O) groups is 1. The number of hydrogen-bond donors (Lipinski definition) is 2. The van der Waals surface area contributed by atoms with Crippen molar-refractivity contribution in [1.29, 1.82) is 0 Å². The standard InChI is InChI=1S/C22H35N3O2/c1-4-5-6-17-7-9-19(10-8-17)25-15-18-13-22(2,3)20(25)16-24(14-18)21(27)23-11-12-26/h7-10,18,20,26H,4-6,11-16H2,1-3H3,(H,23,27)/t18?,20-/m1/s1. The minimum atomic E-state index is -0.0477. The van der Waals surface area contributed by atoms with Gasteiger partial charge in [-0.2, -0.15) is 0 Å². The summed E-state index contributed by atoms with van der Waals surface area (Å²) >= 11 is 0. The average molecular weight is 374 g/mol. The third kappa shape index (κ3) is 4.57. The summed E-state index contributed by atoms with van der Waals surface area (Å²) in [6.07, 6.45) is 4.75. The number of unbranched alkanes of at least 4 members (excludes halogenated alkanes) is 1. The van der Waals surface area contributed by atoms with Gasteiger partial charge in [0.25, 0.3) is 0 Å². The van der Waals surface area contributed by atoms with Crippen molar-refractivity contribution in [1.82, 2.24) is 10.2 Å². The lowest BCUT2D eigenvalue weighted by molar-refractivity contribution is 0.185. The van der Waals surface area contributed by atoms with Crippen LogP contribution in [0.15, 0.2) is 24.3 Å². The minimum Gasteiger partial charge on any atom is -0.395 e.